The lowest BCUT2D eigenvalue weighted by Gasteiger charge is -2.24. The van der Waals surface area contributed by atoms with Crippen molar-refractivity contribution in [3.05, 3.63) is 95.6 Å². The summed E-state index contributed by atoms with van der Waals surface area (Å²) in [5.41, 5.74) is 10.5. The summed E-state index contributed by atoms with van der Waals surface area (Å²) in [4.78, 5) is 62.6. The van der Waals surface area contributed by atoms with E-state index in [-0.39, 0.29) is 24.9 Å². The van der Waals surface area contributed by atoms with Crippen molar-refractivity contribution >= 4 is 29.8 Å². The van der Waals surface area contributed by atoms with E-state index in [1.165, 1.54) is 6.92 Å². The zero-order valence-electron chi connectivity index (χ0n) is 25.4. The quantitative estimate of drug-likeness (QED) is 0.215. The number of esters is 1. The summed E-state index contributed by atoms with van der Waals surface area (Å²) in [6, 6.07) is 21.8. The van der Waals surface area contributed by atoms with Gasteiger partial charge < -0.3 is 31.2 Å². The van der Waals surface area contributed by atoms with Crippen molar-refractivity contribution < 1.29 is 33.4 Å². The molecule has 0 heterocycles. The smallest absolute Gasteiger partial charge is 0.407 e. The summed E-state index contributed by atoms with van der Waals surface area (Å²) in [5, 5.41) is 7.58. The van der Waals surface area contributed by atoms with E-state index >= 15 is 0 Å². The highest BCUT2D eigenvalue weighted by Gasteiger charge is 2.31. The van der Waals surface area contributed by atoms with E-state index in [9.17, 15) is 24.0 Å². The first-order chi connectivity index (χ1) is 21.5. The Hall–Kier alpha value is -5.19. The van der Waals surface area contributed by atoms with Crippen molar-refractivity contribution in [1.29, 1.82) is 0 Å². The van der Waals surface area contributed by atoms with Crippen LogP contribution in [0.3, 0.4) is 0 Å². The molecule has 0 aromatic heterocycles. The maximum atomic E-state index is 13.0. The lowest BCUT2D eigenvalue weighted by atomic mass is 9.98. The fraction of sp³-hybridized carbons (Fsp3) is 0.324. The fourth-order valence-electron chi connectivity index (χ4n) is 5.23. The van der Waals surface area contributed by atoms with Gasteiger partial charge in [0.25, 0.3) is 5.91 Å². The van der Waals surface area contributed by atoms with Crippen molar-refractivity contribution in [2.24, 2.45) is 11.7 Å². The molecule has 4 amide bonds. The highest BCUT2D eigenvalue weighted by Crippen LogP contribution is 2.44. The van der Waals surface area contributed by atoms with Gasteiger partial charge in [-0.15, -0.1) is 0 Å². The molecular formula is C34H38N4O7. The molecule has 3 aromatic carbocycles. The number of hydrogen-bond acceptors (Lipinski definition) is 7. The van der Waals surface area contributed by atoms with Crippen molar-refractivity contribution in [2.75, 3.05) is 13.2 Å². The summed E-state index contributed by atoms with van der Waals surface area (Å²) in [7, 11) is 0. The molecule has 0 spiro atoms. The van der Waals surface area contributed by atoms with Gasteiger partial charge in [0.15, 0.2) is 6.61 Å². The predicted octanol–water partition coefficient (Wildman–Crippen LogP) is 2.81. The molecular weight excluding hydrogens is 576 g/mol. The Morgan fingerprint density at radius 2 is 1.33 bits per heavy atom. The van der Waals surface area contributed by atoms with Crippen LogP contribution in [0.1, 0.15) is 43.4 Å². The molecule has 0 radical (unpaired) electrons. The summed E-state index contributed by atoms with van der Waals surface area (Å²) >= 11 is 0. The number of hydrogen-bond donors (Lipinski definition) is 4. The van der Waals surface area contributed by atoms with Gasteiger partial charge in [0, 0.05) is 12.3 Å². The minimum Gasteiger partial charge on any atom is -0.454 e. The number of alkyl carbamates (subject to hydrolysis) is 1. The molecule has 45 heavy (non-hydrogen) atoms. The zero-order chi connectivity index (χ0) is 32.5. The van der Waals surface area contributed by atoms with Crippen LogP contribution in [0, 0.1) is 5.92 Å². The second kappa shape index (κ2) is 15.0. The standard InChI is InChI=1S/C34H38N4O7/c1-20(2)30(38-34(43)45-18-27-25-15-9-7-13-23(25)24-14-8-10-16-26(24)27)32(41)36-21(3)33(42)44-19-29(39)37-28(31(35)40)17-22-11-5-4-6-12-22/h4-16,20-21,27-28,30H,17-19H2,1-3H3,(H2,35,40)(H,36,41)(H,37,39)(H,38,43)/t21-,28-,30-/m0/s1. The molecule has 0 saturated heterocycles. The Morgan fingerprint density at radius 1 is 0.756 bits per heavy atom. The Bertz CT molecular complexity index is 1500. The second-order valence-electron chi connectivity index (χ2n) is 11.2. The summed E-state index contributed by atoms with van der Waals surface area (Å²) < 4.78 is 10.6. The highest BCUT2D eigenvalue weighted by molar-refractivity contribution is 5.91. The minimum atomic E-state index is -1.13. The molecule has 11 nitrogen and oxygen atoms in total. The van der Waals surface area contributed by atoms with Gasteiger partial charge in [0.2, 0.25) is 11.8 Å². The fourth-order valence-corrected chi connectivity index (χ4v) is 5.23. The number of fused-ring (bicyclic) bond motifs is 3. The maximum absolute atomic E-state index is 13.0. The van der Waals surface area contributed by atoms with E-state index in [4.69, 9.17) is 15.2 Å². The summed E-state index contributed by atoms with van der Waals surface area (Å²) in [6.45, 7) is 4.28. The number of carbonyl (C=O) groups excluding carboxylic acids is 5. The first-order valence-corrected chi connectivity index (χ1v) is 14.8. The van der Waals surface area contributed by atoms with Crippen LogP contribution >= 0.6 is 0 Å². The molecule has 236 valence electrons. The van der Waals surface area contributed by atoms with E-state index in [1.807, 2.05) is 54.6 Å². The average Bonchev–Trinajstić information content (AvgIpc) is 3.34. The number of benzene rings is 3. The number of amides is 4. The van der Waals surface area contributed by atoms with Crippen molar-refractivity contribution in [3.63, 3.8) is 0 Å². The number of nitrogens with one attached hydrogen (secondary N) is 3. The molecule has 0 bridgehead atoms. The maximum Gasteiger partial charge on any atom is 0.407 e. The first-order valence-electron chi connectivity index (χ1n) is 14.8. The van der Waals surface area contributed by atoms with Gasteiger partial charge in [-0.1, -0.05) is 92.7 Å². The monoisotopic (exact) mass is 614 g/mol. The third-order valence-corrected chi connectivity index (χ3v) is 7.59. The van der Waals surface area contributed by atoms with Crippen LogP contribution in [0.25, 0.3) is 11.1 Å². The van der Waals surface area contributed by atoms with Gasteiger partial charge in [0.05, 0.1) is 0 Å². The topological polar surface area (TPSA) is 166 Å². The van der Waals surface area contributed by atoms with Gasteiger partial charge in [-0.2, -0.15) is 0 Å². The Labute approximate surface area is 261 Å². The minimum absolute atomic E-state index is 0.0824. The van der Waals surface area contributed by atoms with Crippen LogP contribution in [0.5, 0.6) is 0 Å². The lowest BCUT2D eigenvalue weighted by Crippen LogP contribution is -2.53. The third-order valence-electron chi connectivity index (χ3n) is 7.59. The number of nitrogens with two attached hydrogens (primary N) is 1. The van der Waals surface area contributed by atoms with Crippen LogP contribution in [0.4, 0.5) is 4.79 Å². The lowest BCUT2D eigenvalue weighted by molar-refractivity contribution is -0.151. The van der Waals surface area contributed by atoms with Gasteiger partial charge in [-0.05, 0) is 40.7 Å². The van der Waals surface area contributed by atoms with E-state index in [0.717, 1.165) is 27.8 Å². The van der Waals surface area contributed by atoms with Gasteiger partial charge >= 0.3 is 12.1 Å². The van der Waals surface area contributed by atoms with Crippen LogP contribution in [-0.2, 0) is 35.1 Å². The number of carbonyl (C=O) groups is 5. The molecule has 1 aliphatic carbocycles. The molecule has 11 heteroatoms. The van der Waals surface area contributed by atoms with Crippen molar-refractivity contribution in [3.8, 4) is 11.1 Å². The van der Waals surface area contributed by atoms with Crippen molar-refractivity contribution in [1.82, 2.24) is 16.0 Å². The van der Waals surface area contributed by atoms with Gasteiger partial charge in [0.1, 0.15) is 24.7 Å². The highest BCUT2D eigenvalue weighted by atomic mass is 16.5. The van der Waals surface area contributed by atoms with Gasteiger partial charge in [-0.25, -0.2) is 9.59 Å². The van der Waals surface area contributed by atoms with Crippen LogP contribution in [0.15, 0.2) is 78.9 Å². The van der Waals surface area contributed by atoms with E-state index in [2.05, 4.69) is 16.0 Å². The number of ether oxygens (including phenoxy) is 2. The summed E-state index contributed by atoms with van der Waals surface area (Å²) in [6.07, 6.45) is -0.590. The largest absolute Gasteiger partial charge is 0.454 e. The molecule has 3 atom stereocenters. The Kier molecular flexibility index (Phi) is 10.9. The Balaban J connectivity index is 1.25. The average molecular weight is 615 g/mol. The van der Waals surface area contributed by atoms with E-state index < -0.39 is 54.5 Å². The third kappa shape index (κ3) is 8.47. The van der Waals surface area contributed by atoms with E-state index in [1.54, 1.807) is 38.1 Å². The molecule has 5 N–H and O–H groups in total. The molecule has 0 unspecified atom stereocenters. The second-order valence-corrected chi connectivity index (χ2v) is 11.2. The van der Waals surface area contributed by atoms with E-state index in [0.29, 0.717) is 0 Å². The SMILES string of the molecule is CC(C)[C@H](NC(=O)OCC1c2ccccc2-c2ccccc21)C(=O)N[C@@H](C)C(=O)OCC(=O)N[C@@H](Cc1ccccc1)C(N)=O. The number of rotatable bonds is 13. The van der Waals surface area contributed by atoms with Crippen LogP contribution < -0.4 is 21.7 Å². The molecule has 0 aliphatic heterocycles. The van der Waals surface area contributed by atoms with Crippen LogP contribution in [-0.4, -0.2) is 61.1 Å². The normalized spacial score (nSPS) is 13.9. The van der Waals surface area contributed by atoms with Gasteiger partial charge in [-0.3, -0.25) is 14.4 Å². The van der Waals surface area contributed by atoms with Crippen molar-refractivity contribution in [2.45, 2.75) is 51.2 Å². The molecule has 0 fully saturated rings. The molecule has 3 aromatic rings. The predicted molar refractivity (Wildman–Crippen MR) is 167 cm³/mol. The molecule has 4 rings (SSSR count). The molecule has 1 aliphatic rings. The first kappa shape index (κ1) is 32.7. The van der Waals surface area contributed by atoms with Crippen LogP contribution in [0.2, 0.25) is 0 Å². The zero-order valence-corrected chi connectivity index (χ0v) is 25.4. The summed E-state index contributed by atoms with van der Waals surface area (Å²) in [5.74, 6) is -3.43. The number of primary amides is 1. The Morgan fingerprint density at radius 3 is 1.91 bits per heavy atom. The molecule has 0 saturated carbocycles.